The van der Waals surface area contributed by atoms with Crippen molar-refractivity contribution in [1.82, 2.24) is 9.80 Å². The van der Waals surface area contributed by atoms with Crippen molar-refractivity contribution in [2.75, 3.05) is 40.5 Å². The lowest BCUT2D eigenvalue weighted by Gasteiger charge is -2.55. The summed E-state index contributed by atoms with van der Waals surface area (Å²) in [6.45, 7) is 3.23. The molecule has 4 atom stereocenters. The highest BCUT2D eigenvalue weighted by Gasteiger charge is 2.45. The van der Waals surface area contributed by atoms with E-state index in [1.165, 1.54) is 31.2 Å². The predicted octanol–water partition coefficient (Wildman–Crippen LogP) is 2.81. The van der Waals surface area contributed by atoms with E-state index in [1.807, 2.05) is 0 Å². The maximum Gasteiger partial charge on any atom is 0.290 e. The lowest BCUT2D eigenvalue weighted by Crippen LogP contribution is -2.60. The van der Waals surface area contributed by atoms with Gasteiger partial charge in [0.15, 0.2) is 0 Å². The molecule has 2 bridgehead atoms. The third kappa shape index (κ3) is 5.13. The summed E-state index contributed by atoms with van der Waals surface area (Å²) in [5, 5.41) is 6.89. The first-order valence-corrected chi connectivity index (χ1v) is 10.9. The van der Waals surface area contributed by atoms with Gasteiger partial charge in [0.25, 0.3) is 6.47 Å². The van der Waals surface area contributed by atoms with E-state index in [-0.39, 0.29) is 12.4 Å². The highest BCUT2D eigenvalue weighted by atomic mass is 16.5. The van der Waals surface area contributed by atoms with Gasteiger partial charge in [0.05, 0.1) is 20.1 Å². The van der Waals surface area contributed by atoms with E-state index in [0.717, 1.165) is 25.4 Å². The van der Waals surface area contributed by atoms with Crippen LogP contribution in [0, 0.1) is 11.8 Å². The van der Waals surface area contributed by atoms with Crippen LogP contribution in [0.15, 0.2) is 24.3 Å². The standard InChI is InChI=1S/C22H32N2O3.CH2O2/c1-26-11-10-22(25)23-13-16-12-18(15-23)21-5-3-4-20(24(21)14-16)17-6-8-19(27-2)9-7-17;2-1-3/h6-9,16,18,20-21H,3-5,10-15H2,1-2H3;1H,(H,2,3)/t16-,18+,20+,21-;/m0./s1. The number of methoxy groups -OCH3 is 2. The molecular formula is C23H34N2O5. The predicted molar refractivity (Wildman–Crippen MR) is 113 cm³/mol. The number of ether oxygens (including phenoxy) is 2. The molecule has 3 aliphatic rings. The lowest BCUT2D eigenvalue weighted by atomic mass is 9.74. The molecule has 0 unspecified atom stereocenters. The van der Waals surface area contributed by atoms with Gasteiger partial charge < -0.3 is 19.5 Å². The van der Waals surface area contributed by atoms with Crippen molar-refractivity contribution in [2.24, 2.45) is 11.8 Å². The number of carbonyl (C=O) groups is 2. The topological polar surface area (TPSA) is 79.3 Å². The first-order valence-electron chi connectivity index (χ1n) is 10.9. The summed E-state index contributed by atoms with van der Waals surface area (Å²) in [5.74, 6) is 2.41. The minimum atomic E-state index is -0.250. The van der Waals surface area contributed by atoms with Crippen molar-refractivity contribution in [3.63, 3.8) is 0 Å². The van der Waals surface area contributed by atoms with Crippen molar-refractivity contribution in [3.05, 3.63) is 29.8 Å². The Kier molecular flexibility index (Phi) is 8.10. The molecule has 4 rings (SSSR count). The molecule has 3 aliphatic heterocycles. The van der Waals surface area contributed by atoms with Crippen molar-refractivity contribution in [3.8, 4) is 5.75 Å². The lowest BCUT2D eigenvalue weighted by molar-refractivity contribution is -0.140. The Balaban J connectivity index is 0.000000806. The summed E-state index contributed by atoms with van der Waals surface area (Å²) >= 11 is 0. The van der Waals surface area contributed by atoms with Crippen LogP contribution >= 0.6 is 0 Å². The van der Waals surface area contributed by atoms with Crippen LogP contribution in [0.25, 0.3) is 0 Å². The van der Waals surface area contributed by atoms with Gasteiger partial charge >= 0.3 is 0 Å². The van der Waals surface area contributed by atoms with Crippen LogP contribution in [0.5, 0.6) is 5.75 Å². The van der Waals surface area contributed by atoms with E-state index in [9.17, 15) is 4.79 Å². The molecule has 1 aromatic carbocycles. The second-order valence-corrected chi connectivity index (χ2v) is 8.49. The van der Waals surface area contributed by atoms with Crippen molar-refractivity contribution < 1.29 is 24.2 Å². The quantitative estimate of drug-likeness (QED) is 0.741. The molecule has 166 valence electrons. The largest absolute Gasteiger partial charge is 0.497 e. The Hall–Kier alpha value is -2.12. The van der Waals surface area contributed by atoms with E-state index in [2.05, 4.69) is 34.1 Å². The number of amides is 1. The third-order valence-electron chi connectivity index (χ3n) is 6.76. The van der Waals surface area contributed by atoms with Crippen LogP contribution in [0.3, 0.4) is 0 Å². The van der Waals surface area contributed by atoms with Gasteiger partial charge in [0.1, 0.15) is 5.75 Å². The summed E-state index contributed by atoms with van der Waals surface area (Å²) in [7, 11) is 3.38. The number of hydrogen-bond donors (Lipinski definition) is 1. The fourth-order valence-corrected chi connectivity index (χ4v) is 5.54. The van der Waals surface area contributed by atoms with Gasteiger partial charge in [-0.15, -0.1) is 0 Å². The average Bonchev–Trinajstić information content (AvgIpc) is 2.77. The monoisotopic (exact) mass is 418 g/mol. The molecule has 0 radical (unpaired) electrons. The molecule has 3 saturated heterocycles. The van der Waals surface area contributed by atoms with E-state index >= 15 is 0 Å². The highest BCUT2D eigenvalue weighted by molar-refractivity contribution is 5.76. The molecule has 0 aromatic heterocycles. The summed E-state index contributed by atoms with van der Waals surface area (Å²) in [4.78, 5) is 25.8. The Morgan fingerprint density at radius 2 is 1.90 bits per heavy atom. The zero-order valence-electron chi connectivity index (χ0n) is 18.0. The number of benzene rings is 1. The normalized spacial score (nSPS) is 28.0. The van der Waals surface area contributed by atoms with Gasteiger partial charge in [-0.3, -0.25) is 14.5 Å². The van der Waals surface area contributed by atoms with E-state index in [4.69, 9.17) is 19.4 Å². The Morgan fingerprint density at radius 1 is 1.17 bits per heavy atom. The summed E-state index contributed by atoms with van der Waals surface area (Å²) in [5.41, 5.74) is 1.41. The van der Waals surface area contributed by atoms with Crippen LogP contribution < -0.4 is 4.74 Å². The van der Waals surface area contributed by atoms with Crippen LogP contribution in [0.4, 0.5) is 0 Å². The number of piperidine rings is 3. The zero-order chi connectivity index (χ0) is 21.5. The fraction of sp³-hybridized carbons (Fsp3) is 0.652. The van der Waals surface area contributed by atoms with Gasteiger partial charge in [0.2, 0.25) is 5.91 Å². The molecule has 1 aromatic rings. The second-order valence-electron chi connectivity index (χ2n) is 8.49. The van der Waals surface area contributed by atoms with Crippen LogP contribution in [-0.4, -0.2) is 73.8 Å². The summed E-state index contributed by atoms with van der Waals surface area (Å²) in [6.07, 6.45) is 5.57. The number of carboxylic acid groups (broad SMARTS) is 1. The first kappa shape index (κ1) is 22.6. The van der Waals surface area contributed by atoms with Gasteiger partial charge in [-0.25, -0.2) is 0 Å². The zero-order valence-corrected chi connectivity index (χ0v) is 18.0. The average molecular weight is 419 g/mol. The second kappa shape index (κ2) is 10.8. The molecule has 3 heterocycles. The molecule has 0 spiro atoms. The molecule has 30 heavy (non-hydrogen) atoms. The van der Waals surface area contributed by atoms with Gasteiger partial charge in [-0.1, -0.05) is 12.1 Å². The maximum atomic E-state index is 12.5. The number of hydrogen-bond acceptors (Lipinski definition) is 5. The number of nitrogens with zero attached hydrogens (tertiary/aromatic N) is 2. The van der Waals surface area contributed by atoms with Crippen molar-refractivity contribution >= 4 is 12.4 Å². The summed E-state index contributed by atoms with van der Waals surface area (Å²) in [6, 6.07) is 9.75. The molecule has 3 fully saturated rings. The number of rotatable bonds is 5. The van der Waals surface area contributed by atoms with Crippen molar-refractivity contribution in [2.45, 2.75) is 44.2 Å². The smallest absolute Gasteiger partial charge is 0.290 e. The minimum absolute atomic E-state index is 0.250. The molecular weight excluding hydrogens is 384 g/mol. The number of likely N-dealkylation sites (tertiary alicyclic amines) is 1. The van der Waals surface area contributed by atoms with Gasteiger partial charge in [0, 0.05) is 38.8 Å². The van der Waals surface area contributed by atoms with Crippen LogP contribution in [0.2, 0.25) is 0 Å². The van der Waals surface area contributed by atoms with Crippen LogP contribution in [0.1, 0.15) is 43.7 Å². The van der Waals surface area contributed by atoms with E-state index in [0.29, 0.717) is 36.9 Å². The minimum Gasteiger partial charge on any atom is -0.497 e. The number of fused-ring (bicyclic) bond motifs is 4. The molecule has 0 aliphatic carbocycles. The Bertz CT molecular complexity index is 695. The van der Waals surface area contributed by atoms with Gasteiger partial charge in [-0.05, 0) is 55.2 Å². The van der Waals surface area contributed by atoms with E-state index in [1.54, 1.807) is 14.2 Å². The Morgan fingerprint density at radius 3 is 2.57 bits per heavy atom. The molecule has 1 N–H and O–H groups in total. The number of carbonyl (C=O) groups excluding carboxylic acids is 1. The van der Waals surface area contributed by atoms with Gasteiger partial charge in [-0.2, -0.15) is 0 Å². The SMILES string of the molecule is COCCC(=O)N1C[C@@H]2C[C@H](C1)[C@@H]1CCC[C@H](c3ccc(OC)cc3)N1C2.O=CO. The molecule has 0 saturated carbocycles. The third-order valence-corrected chi connectivity index (χ3v) is 6.76. The maximum absolute atomic E-state index is 12.5. The Labute approximate surface area is 178 Å². The molecule has 7 nitrogen and oxygen atoms in total. The highest BCUT2D eigenvalue weighted by Crippen LogP contribution is 2.44. The fourth-order valence-electron chi connectivity index (χ4n) is 5.54. The van der Waals surface area contributed by atoms with Crippen LogP contribution in [-0.2, 0) is 14.3 Å². The molecule has 1 amide bonds. The van der Waals surface area contributed by atoms with Crippen molar-refractivity contribution in [1.29, 1.82) is 0 Å². The first-order chi connectivity index (χ1) is 14.6. The summed E-state index contributed by atoms with van der Waals surface area (Å²) < 4.78 is 10.4. The molecule has 7 heteroatoms. The van der Waals surface area contributed by atoms with E-state index < -0.39 is 0 Å².